The van der Waals surface area contributed by atoms with Crippen molar-refractivity contribution in [1.29, 1.82) is 0 Å². The van der Waals surface area contributed by atoms with Crippen molar-refractivity contribution >= 4 is 23.4 Å². The normalized spacial score (nSPS) is 11.4. The zero-order chi connectivity index (χ0) is 19.4. The van der Waals surface area contributed by atoms with Gasteiger partial charge in [-0.15, -0.1) is 11.8 Å². The summed E-state index contributed by atoms with van der Waals surface area (Å²) in [6.07, 6.45) is 0. The molecule has 0 aliphatic heterocycles. The number of hydrogen-bond donors (Lipinski definition) is 2. The molecule has 3 rings (SSSR count). The van der Waals surface area contributed by atoms with Gasteiger partial charge in [-0.1, -0.05) is 50.2 Å². The maximum absolute atomic E-state index is 12.2. The first-order chi connectivity index (χ1) is 12.8. The van der Waals surface area contributed by atoms with Gasteiger partial charge in [-0.25, -0.2) is 4.79 Å². The third-order valence-corrected chi connectivity index (χ3v) is 4.96. The van der Waals surface area contributed by atoms with Gasteiger partial charge in [0.15, 0.2) is 5.82 Å². The zero-order valence-electron chi connectivity index (χ0n) is 15.4. The smallest absolute Gasteiger partial charge is 0.325 e. The lowest BCUT2D eigenvalue weighted by Gasteiger charge is -2.19. The Kier molecular flexibility index (Phi) is 5.51. The van der Waals surface area contributed by atoms with Crippen LogP contribution in [0.2, 0.25) is 0 Å². The van der Waals surface area contributed by atoms with Crippen LogP contribution < -0.4 is 11.1 Å². The van der Waals surface area contributed by atoms with Crippen molar-refractivity contribution in [3.63, 3.8) is 0 Å². The minimum Gasteiger partial charge on any atom is -0.325 e. The van der Waals surface area contributed by atoms with Crippen LogP contribution in [0, 0.1) is 0 Å². The number of amides is 1. The highest BCUT2D eigenvalue weighted by atomic mass is 32.2. The Morgan fingerprint density at radius 1 is 1.19 bits per heavy atom. The molecule has 7 heteroatoms. The second-order valence-electron chi connectivity index (χ2n) is 7.14. The van der Waals surface area contributed by atoms with Gasteiger partial charge in [0.25, 0.3) is 0 Å². The van der Waals surface area contributed by atoms with Crippen LogP contribution in [-0.2, 0) is 10.2 Å². The van der Waals surface area contributed by atoms with Gasteiger partial charge < -0.3 is 5.32 Å². The maximum Gasteiger partial charge on any atom is 0.439 e. The van der Waals surface area contributed by atoms with Crippen LogP contribution in [0.25, 0.3) is 11.4 Å². The summed E-state index contributed by atoms with van der Waals surface area (Å²) in [4.78, 5) is 26.8. The molecule has 0 saturated heterocycles. The molecule has 0 bridgehead atoms. The largest absolute Gasteiger partial charge is 0.439 e. The number of nitrogens with zero attached hydrogens (tertiary/aromatic N) is 1. The van der Waals surface area contributed by atoms with Crippen molar-refractivity contribution in [2.75, 3.05) is 11.1 Å². The van der Waals surface area contributed by atoms with Gasteiger partial charge in [-0.2, -0.15) is 0 Å². The molecule has 0 saturated carbocycles. The van der Waals surface area contributed by atoms with Crippen LogP contribution in [0.4, 0.5) is 5.69 Å². The SMILES string of the molecule is CC(C)(C)c1ccc(SCC(=O)Nc2cccc(-c3noc(=O)[nH]3)c2)cc1. The first kappa shape index (κ1) is 19.0. The molecular formula is C20H21N3O3S. The van der Waals surface area contributed by atoms with Gasteiger partial charge in [0.1, 0.15) is 0 Å². The molecule has 0 aliphatic carbocycles. The quantitative estimate of drug-likeness (QED) is 0.649. The van der Waals surface area contributed by atoms with E-state index < -0.39 is 5.76 Å². The van der Waals surface area contributed by atoms with E-state index in [1.54, 1.807) is 24.3 Å². The molecule has 0 aliphatic rings. The number of nitrogens with one attached hydrogen (secondary N) is 2. The summed E-state index contributed by atoms with van der Waals surface area (Å²) < 4.78 is 4.50. The minimum atomic E-state index is -0.617. The van der Waals surface area contributed by atoms with E-state index >= 15 is 0 Å². The van der Waals surface area contributed by atoms with Crippen molar-refractivity contribution in [1.82, 2.24) is 10.1 Å². The predicted octanol–water partition coefficient (Wildman–Crippen LogP) is 4.06. The lowest BCUT2D eigenvalue weighted by Crippen LogP contribution is -2.14. The summed E-state index contributed by atoms with van der Waals surface area (Å²) in [5.41, 5.74) is 2.66. The molecule has 6 nitrogen and oxygen atoms in total. The van der Waals surface area contributed by atoms with Crippen molar-refractivity contribution in [2.24, 2.45) is 0 Å². The van der Waals surface area contributed by atoms with Crippen LogP contribution in [0.15, 0.2) is 62.7 Å². The molecule has 2 aromatic carbocycles. The fourth-order valence-electron chi connectivity index (χ4n) is 2.50. The number of anilines is 1. The maximum atomic E-state index is 12.2. The third-order valence-electron chi connectivity index (χ3n) is 3.95. The highest BCUT2D eigenvalue weighted by Gasteiger charge is 2.13. The number of carbonyl (C=O) groups excluding carboxylic acids is 1. The lowest BCUT2D eigenvalue weighted by molar-refractivity contribution is -0.113. The van der Waals surface area contributed by atoms with E-state index in [0.717, 1.165) is 4.90 Å². The number of carbonyl (C=O) groups is 1. The summed E-state index contributed by atoms with van der Waals surface area (Å²) >= 11 is 1.48. The highest BCUT2D eigenvalue weighted by Crippen LogP contribution is 2.26. The van der Waals surface area contributed by atoms with E-state index in [4.69, 9.17) is 0 Å². The summed E-state index contributed by atoms with van der Waals surface area (Å²) in [6, 6.07) is 15.3. The molecule has 0 spiro atoms. The average Bonchev–Trinajstić information content (AvgIpc) is 3.06. The van der Waals surface area contributed by atoms with Crippen LogP contribution in [0.5, 0.6) is 0 Å². The number of aromatic amines is 1. The van der Waals surface area contributed by atoms with E-state index in [0.29, 0.717) is 22.8 Å². The van der Waals surface area contributed by atoms with Crippen molar-refractivity contribution in [3.8, 4) is 11.4 Å². The first-order valence-electron chi connectivity index (χ1n) is 8.51. The molecule has 0 fully saturated rings. The monoisotopic (exact) mass is 383 g/mol. The number of H-pyrrole nitrogens is 1. The molecule has 140 valence electrons. The highest BCUT2D eigenvalue weighted by molar-refractivity contribution is 8.00. The molecule has 1 heterocycles. The third kappa shape index (κ3) is 5.10. The van der Waals surface area contributed by atoms with Crippen molar-refractivity contribution in [2.45, 2.75) is 31.1 Å². The van der Waals surface area contributed by atoms with E-state index in [2.05, 4.69) is 52.9 Å². The van der Waals surface area contributed by atoms with Gasteiger partial charge >= 0.3 is 5.76 Å². The van der Waals surface area contributed by atoms with E-state index in [9.17, 15) is 9.59 Å². The summed E-state index contributed by atoms with van der Waals surface area (Å²) in [5.74, 6) is -0.0942. The molecule has 1 amide bonds. The molecule has 3 aromatic rings. The van der Waals surface area contributed by atoms with E-state index in [1.807, 2.05) is 12.1 Å². The Morgan fingerprint density at radius 3 is 2.56 bits per heavy atom. The molecular weight excluding hydrogens is 362 g/mol. The summed E-state index contributed by atoms with van der Waals surface area (Å²) in [6.45, 7) is 6.52. The van der Waals surface area contributed by atoms with Gasteiger partial charge in [0.05, 0.1) is 5.75 Å². The fourth-order valence-corrected chi connectivity index (χ4v) is 3.19. The summed E-state index contributed by atoms with van der Waals surface area (Å²) in [5, 5.41) is 6.50. The standard InChI is InChI=1S/C20H21N3O3S/c1-20(2,3)14-7-9-16(10-8-14)27-12-17(24)21-15-6-4-5-13(11-15)18-22-19(25)26-23-18/h4-11H,12H2,1-3H3,(H,21,24)(H,22,23,25). The Balaban J connectivity index is 1.59. The fraction of sp³-hybridized carbons (Fsp3) is 0.250. The number of thioether (sulfide) groups is 1. The Morgan fingerprint density at radius 2 is 1.93 bits per heavy atom. The first-order valence-corrected chi connectivity index (χ1v) is 9.49. The molecule has 0 unspecified atom stereocenters. The average molecular weight is 383 g/mol. The number of hydrogen-bond acceptors (Lipinski definition) is 5. The molecule has 1 aromatic heterocycles. The Hall–Kier alpha value is -2.80. The zero-order valence-corrected chi connectivity index (χ0v) is 16.2. The van der Waals surface area contributed by atoms with E-state index in [-0.39, 0.29) is 11.3 Å². The lowest BCUT2D eigenvalue weighted by atomic mass is 9.87. The van der Waals surface area contributed by atoms with Crippen molar-refractivity contribution < 1.29 is 9.32 Å². The van der Waals surface area contributed by atoms with Crippen LogP contribution in [0.1, 0.15) is 26.3 Å². The van der Waals surface area contributed by atoms with Crippen LogP contribution in [-0.4, -0.2) is 21.8 Å². The van der Waals surface area contributed by atoms with Gasteiger partial charge in [-0.3, -0.25) is 14.3 Å². The van der Waals surface area contributed by atoms with Gasteiger partial charge in [-0.05, 0) is 35.2 Å². The predicted molar refractivity (Wildman–Crippen MR) is 107 cm³/mol. The Bertz CT molecular complexity index is 984. The summed E-state index contributed by atoms with van der Waals surface area (Å²) in [7, 11) is 0. The molecule has 0 atom stereocenters. The second kappa shape index (κ2) is 7.84. The van der Waals surface area contributed by atoms with E-state index in [1.165, 1.54) is 17.3 Å². The van der Waals surface area contributed by atoms with Gasteiger partial charge in [0, 0.05) is 16.1 Å². The van der Waals surface area contributed by atoms with Crippen LogP contribution >= 0.6 is 11.8 Å². The number of benzene rings is 2. The number of rotatable bonds is 5. The second-order valence-corrected chi connectivity index (χ2v) is 8.18. The molecule has 2 N–H and O–H groups in total. The molecule has 0 radical (unpaired) electrons. The Labute approximate surface area is 161 Å². The van der Waals surface area contributed by atoms with Crippen molar-refractivity contribution in [3.05, 3.63) is 64.6 Å². The van der Waals surface area contributed by atoms with Crippen LogP contribution in [0.3, 0.4) is 0 Å². The van der Waals surface area contributed by atoms with Gasteiger partial charge in [0.2, 0.25) is 5.91 Å². The molecule has 27 heavy (non-hydrogen) atoms. The number of aromatic nitrogens is 2. The minimum absolute atomic E-state index is 0.106. The topological polar surface area (TPSA) is 88.0 Å².